The van der Waals surface area contributed by atoms with E-state index in [-0.39, 0.29) is 11.5 Å². The summed E-state index contributed by atoms with van der Waals surface area (Å²) in [4.78, 5) is 20.9. The van der Waals surface area contributed by atoms with Crippen LogP contribution in [0.5, 0.6) is 0 Å². The first kappa shape index (κ1) is 9.90. The first-order valence-corrected chi connectivity index (χ1v) is 4.12. The minimum absolute atomic E-state index is 0.0632. The van der Waals surface area contributed by atoms with Gasteiger partial charge in [-0.05, 0) is 6.08 Å². The zero-order valence-corrected chi connectivity index (χ0v) is 7.82. The maximum absolute atomic E-state index is 11.3. The molecule has 0 atom stereocenters. The molecule has 1 aliphatic rings. The molecule has 0 bridgehead atoms. The molecular formula is C8H6N3O5-. The van der Waals surface area contributed by atoms with Gasteiger partial charge in [0.05, 0.1) is 0 Å². The SMILES string of the molecule is Nn1c[o+][c-](C=C2C=C[C-]([N+](=O)[O-])O2)c1=O. The Kier molecular flexibility index (Phi) is 2.16. The molecule has 2 rings (SSSR count). The number of rotatable bonds is 2. The molecule has 0 saturated heterocycles. The minimum Gasteiger partial charge on any atom is -0.568 e. The second kappa shape index (κ2) is 3.50. The van der Waals surface area contributed by atoms with Crippen molar-refractivity contribution in [2.75, 3.05) is 5.84 Å². The number of oxazole rings is 1. The number of nitrogens with zero attached hydrogens (tertiary/aromatic N) is 2. The predicted molar refractivity (Wildman–Crippen MR) is 51.6 cm³/mol. The predicted octanol–water partition coefficient (Wildman–Crippen LogP) is -0.151. The van der Waals surface area contributed by atoms with Crippen molar-refractivity contribution in [3.63, 3.8) is 0 Å². The molecule has 2 N–H and O–H groups in total. The van der Waals surface area contributed by atoms with Gasteiger partial charge in [-0.2, -0.15) is 0 Å². The molecule has 0 saturated carbocycles. The third-order valence-corrected chi connectivity index (χ3v) is 1.80. The third kappa shape index (κ3) is 1.63. The first-order valence-electron chi connectivity index (χ1n) is 4.12. The van der Waals surface area contributed by atoms with Gasteiger partial charge in [0.2, 0.25) is 0 Å². The van der Waals surface area contributed by atoms with E-state index in [2.05, 4.69) is 0 Å². The van der Waals surface area contributed by atoms with Crippen LogP contribution in [-0.4, -0.2) is 9.60 Å². The summed E-state index contributed by atoms with van der Waals surface area (Å²) in [5.74, 6) is 5.27. The van der Waals surface area contributed by atoms with Crippen LogP contribution in [0.4, 0.5) is 0 Å². The highest BCUT2D eigenvalue weighted by Crippen LogP contribution is 2.22. The number of nitrogens with two attached hydrogens (primary N) is 1. The number of ether oxygens (including phenoxy) is 1. The monoisotopic (exact) mass is 224 g/mol. The lowest BCUT2D eigenvalue weighted by Gasteiger charge is -2.12. The van der Waals surface area contributed by atoms with Crippen LogP contribution in [0.2, 0.25) is 0 Å². The minimum atomic E-state index is -0.680. The van der Waals surface area contributed by atoms with E-state index >= 15 is 0 Å². The molecule has 0 aromatic carbocycles. The molecule has 0 amide bonds. The maximum atomic E-state index is 11.3. The Bertz CT molecular complexity index is 538. The topological polar surface area (TPSA) is 112 Å². The van der Waals surface area contributed by atoms with Crippen molar-refractivity contribution in [2.45, 2.75) is 0 Å². The number of nitrogen functional groups attached to an aromatic ring is 1. The zero-order chi connectivity index (χ0) is 11.7. The Labute approximate surface area is 88.3 Å². The van der Waals surface area contributed by atoms with E-state index in [9.17, 15) is 14.9 Å². The van der Waals surface area contributed by atoms with Crippen LogP contribution in [0.25, 0.3) is 6.08 Å². The summed E-state index contributed by atoms with van der Waals surface area (Å²) < 4.78 is 10.4. The standard InChI is InChI=1S/C8H6N3O5/c9-10-4-15-6(8(10)12)3-5-1-2-7(16-5)11(13)14/h1-4H,9H2/q-1. The maximum Gasteiger partial charge on any atom is 0.317 e. The van der Waals surface area contributed by atoms with Crippen LogP contribution in [0, 0.1) is 16.3 Å². The second-order valence-corrected chi connectivity index (χ2v) is 2.88. The van der Waals surface area contributed by atoms with Gasteiger partial charge in [0.1, 0.15) is 0 Å². The van der Waals surface area contributed by atoms with Gasteiger partial charge in [0, 0.05) is 4.92 Å². The van der Waals surface area contributed by atoms with E-state index in [0.717, 1.165) is 11.1 Å². The van der Waals surface area contributed by atoms with Crippen molar-refractivity contribution in [3.05, 3.63) is 56.8 Å². The highest BCUT2D eigenvalue weighted by atomic mass is 16.7. The molecule has 1 aromatic heterocycles. The molecule has 1 aliphatic heterocycles. The summed E-state index contributed by atoms with van der Waals surface area (Å²) in [6, 6.07) is 0. The summed E-state index contributed by atoms with van der Waals surface area (Å²) in [5, 5.41) is 10.3. The second-order valence-electron chi connectivity index (χ2n) is 2.88. The van der Waals surface area contributed by atoms with Gasteiger partial charge in [-0.25, -0.2) is 10.8 Å². The Morgan fingerprint density at radius 2 is 2.44 bits per heavy atom. The van der Waals surface area contributed by atoms with E-state index in [1.807, 2.05) is 0 Å². The average Bonchev–Trinajstić information content (AvgIpc) is 2.81. The number of allylic oxidation sites excluding steroid dienone is 1. The highest BCUT2D eigenvalue weighted by Gasteiger charge is 2.14. The van der Waals surface area contributed by atoms with Crippen molar-refractivity contribution in [1.82, 2.24) is 4.68 Å². The van der Waals surface area contributed by atoms with Gasteiger partial charge in [0.25, 0.3) is 6.23 Å². The van der Waals surface area contributed by atoms with Gasteiger partial charge in [-0.3, -0.25) is 14.9 Å². The van der Waals surface area contributed by atoms with E-state index in [4.69, 9.17) is 15.0 Å². The van der Waals surface area contributed by atoms with E-state index in [1.54, 1.807) is 0 Å². The molecule has 2 heterocycles. The fraction of sp³-hybridized carbons (Fsp3) is 0. The number of nitro groups is 1. The summed E-state index contributed by atoms with van der Waals surface area (Å²) in [6.45, 7) is 0. The van der Waals surface area contributed by atoms with Crippen molar-refractivity contribution in [3.8, 4) is 0 Å². The Morgan fingerprint density at radius 3 is 2.94 bits per heavy atom. The zero-order valence-electron chi connectivity index (χ0n) is 7.82. The van der Waals surface area contributed by atoms with Crippen LogP contribution in [-0.2, 0) is 4.74 Å². The molecule has 0 fully saturated rings. The highest BCUT2D eigenvalue weighted by molar-refractivity contribution is 5.49. The normalized spacial score (nSPS) is 16.8. The van der Waals surface area contributed by atoms with Gasteiger partial charge in [-0.1, -0.05) is 5.76 Å². The summed E-state index contributed by atoms with van der Waals surface area (Å²) in [5.41, 5.74) is -0.556. The fourth-order valence-corrected chi connectivity index (χ4v) is 1.08. The van der Waals surface area contributed by atoms with Gasteiger partial charge < -0.3 is 15.0 Å². The van der Waals surface area contributed by atoms with Crippen LogP contribution in [0.1, 0.15) is 5.76 Å². The van der Waals surface area contributed by atoms with Gasteiger partial charge in [0.15, 0.2) is 0 Å². The van der Waals surface area contributed by atoms with Crippen LogP contribution >= 0.6 is 0 Å². The first-order chi connectivity index (χ1) is 7.58. The van der Waals surface area contributed by atoms with Crippen molar-refractivity contribution in [1.29, 1.82) is 0 Å². The number of aromatic nitrogens is 1. The Hall–Kier alpha value is -2.64. The van der Waals surface area contributed by atoms with Gasteiger partial charge in [-0.15, -0.1) is 6.08 Å². The molecule has 84 valence electrons. The van der Waals surface area contributed by atoms with Crippen LogP contribution < -0.4 is 11.4 Å². The van der Waals surface area contributed by atoms with Crippen molar-refractivity contribution < 1.29 is 14.1 Å². The molecule has 8 nitrogen and oxygen atoms in total. The molecular weight excluding hydrogens is 218 g/mol. The van der Waals surface area contributed by atoms with Crippen LogP contribution in [0.3, 0.4) is 0 Å². The lowest BCUT2D eigenvalue weighted by atomic mass is 10.4. The lowest BCUT2D eigenvalue weighted by Crippen LogP contribution is -2.23. The largest absolute Gasteiger partial charge is 0.568 e. The molecule has 0 spiro atoms. The van der Waals surface area contributed by atoms with E-state index in [0.29, 0.717) is 0 Å². The molecule has 8 heteroatoms. The van der Waals surface area contributed by atoms with E-state index < -0.39 is 16.7 Å². The van der Waals surface area contributed by atoms with Crippen molar-refractivity contribution in [2.24, 2.45) is 0 Å². The Balaban J connectivity index is 2.23. The number of hydrogen-bond acceptors (Lipinski definition) is 5. The summed E-state index contributed by atoms with van der Waals surface area (Å²) in [7, 11) is 0. The molecule has 1 aromatic rings. The van der Waals surface area contributed by atoms with Gasteiger partial charge >= 0.3 is 17.7 Å². The smallest absolute Gasteiger partial charge is 0.317 e. The van der Waals surface area contributed by atoms with Crippen molar-refractivity contribution >= 4 is 6.08 Å². The summed E-state index contributed by atoms with van der Waals surface area (Å²) >= 11 is 0. The van der Waals surface area contributed by atoms with E-state index in [1.165, 1.54) is 18.2 Å². The summed E-state index contributed by atoms with van der Waals surface area (Å²) in [6.07, 6.45) is 4.35. The lowest BCUT2D eigenvalue weighted by molar-refractivity contribution is -0.494. The molecule has 16 heavy (non-hydrogen) atoms. The third-order valence-electron chi connectivity index (χ3n) is 1.80. The quantitative estimate of drug-likeness (QED) is 0.246. The fourth-order valence-electron chi connectivity index (χ4n) is 1.08. The molecule has 0 radical (unpaired) electrons. The molecule has 0 aliphatic carbocycles. The Morgan fingerprint density at radius 1 is 1.69 bits per heavy atom. The van der Waals surface area contributed by atoms with Crippen LogP contribution in [0.15, 0.2) is 33.5 Å². The molecule has 0 unspecified atom stereocenters. The number of hydrogen-bond donors (Lipinski definition) is 1. The average molecular weight is 224 g/mol.